The summed E-state index contributed by atoms with van der Waals surface area (Å²) in [6, 6.07) is 2.13. The smallest absolute Gasteiger partial charge is 0.314 e. The van der Waals surface area contributed by atoms with Gasteiger partial charge in [0.05, 0.1) is 5.69 Å². The molecule has 6 heteroatoms. The second-order valence-corrected chi connectivity index (χ2v) is 4.84. The molecule has 1 aliphatic rings. The van der Waals surface area contributed by atoms with Crippen molar-refractivity contribution in [3.63, 3.8) is 0 Å². The van der Waals surface area contributed by atoms with Crippen molar-refractivity contribution in [3.05, 3.63) is 28.7 Å². The number of hydrogen-bond acceptors (Lipinski definition) is 3. The Morgan fingerprint density at radius 1 is 1.15 bits per heavy atom. The molecular formula is C14H19N3O3. The van der Waals surface area contributed by atoms with Crippen LogP contribution in [-0.4, -0.2) is 34.0 Å². The lowest BCUT2D eigenvalue weighted by molar-refractivity contribution is -0.119. The van der Waals surface area contributed by atoms with Gasteiger partial charge in [-0.15, -0.1) is 0 Å². The first-order valence-electron chi connectivity index (χ1n) is 6.86. The maximum Gasteiger partial charge on any atom is 0.332 e. The summed E-state index contributed by atoms with van der Waals surface area (Å²) in [7, 11) is 0. The van der Waals surface area contributed by atoms with Gasteiger partial charge < -0.3 is 9.47 Å². The molecule has 20 heavy (non-hydrogen) atoms. The van der Waals surface area contributed by atoms with E-state index in [1.54, 1.807) is 18.0 Å². The van der Waals surface area contributed by atoms with E-state index < -0.39 is 6.04 Å². The van der Waals surface area contributed by atoms with Crippen LogP contribution in [0.1, 0.15) is 27.2 Å². The normalized spacial score (nSPS) is 19.1. The largest absolute Gasteiger partial charge is 0.332 e. The van der Waals surface area contributed by atoms with Crippen molar-refractivity contribution in [1.82, 2.24) is 9.47 Å². The number of amides is 3. The second kappa shape index (κ2) is 5.48. The van der Waals surface area contributed by atoms with E-state index in [4.69, 9.17) is 0 Å². The molecule has 0 aliphatic carbocycles. The van der Waals surface area contributed by atoms with Gasteiger partial charge in [0.1, 0.15) is 6.04 Å². The monoisotopic (exact) mass is 277 g/mol. The Morgan fingerprint density at radius 2 is 1.85 bits per heavy atom. The van der Waals surface area contributed by atoms with Gasteiger partial charge in [0.15, 0.2) is 0 Å². The molecule has 2 rings (SSSR count). The molecule has 1 atom stereocenters. The van der Waals surface area contributed by atoms with Crippen molar-refractivity contribution >= 4 is 17.6 Å². The van der Waals surface area contributed by atoms with E-state index in [0.717, 1.165) is 11.3 Å². The standard InChI is InChI=1S/C14H19N3O3/c1-4-8-16-10(3)13(19)17(14(16)20)11-6-7-12(18)15(5-2)9-11/h6-7,9-10H,4-5,8H2,1-3H3/t10-/m1/s1. The molecule has 0 bridgehead atoms. The van der Waals surface area contributed by atoms with Gasteiger partial charge in [-0.2, -0.15) is 0 Å². The molecule has 0 saturated carbocycles. The first-order valence-corrected chi connectivity index (χ1v) is 6.86. The fourth-order valence-electron chi connectivity index (χ4n) is 2.37. The van der Waals surface area contributed by atoms with Gasteiger partial charge in [-0.1, -0.05) is 6.92 Å². The quantitative estimate of drug-likeness (QED) is 0.782. The van der Waals surface area contributed by atoms with Gasteiger partial charge >= 0.3 is 6.03 Å². The maximum atomic E-state index is 12.3. The zero-order valence-corrected chi connectivity index (χ0v) is 12.0. The Bertz CT molecular complexity index is 594. The van der Waals surface area contributed by atoms with Gasteiger partial charge in [0.2, 0.25) is 0 Å². The van der Waals surface area contributed by atoms with E-state index in [9.17, 15) is 14.4 Å². The lowest BCUT2D eigenvalue weighted by atomic mass is 10.3. The van der Waals surface area contributed by atoms with Crippen molar-refractivity contribution in [1.29, 1.82) is 0 Å². The van der Waals surface area contributed by atoms with Crippen LogP contribution in [0.4, 0.5) is 10.5 Å². The summed E-state index contributed by atoms with van der Waals surface area (Å²) in [5.41, 5.74) is 0.306. The molecular weight excluding hydrogens is 258 g/mol. The molecule has 0 spiro atoms. The van der Waals surface area contributed by atoms with Crippen molar-refractivity contribution in [2.24, 2.45) is 0 Å². The molecule has 6 nitrogen and oxygen atoms in total. The predicted molar refractivity (Wildman–Crippen MR) is 75.7 cm³/mol. The van der Waals surface area contributed by atoms with Crippen molar-refractivity contribution < 1.29 is 9.59 Å². The summed E-state index contributed by atoms with van der Waals surface area (Å²) < 4.78 is 1.48. The van der Waals surface area contributed by atoms with Crippen LogP contribution in [0.5, 0.6) is 0 Å². The highest BCUT2D eigenvalue weighted by Crippen LogP contribution is 2.24. The Balaban J connectivity index is 2.40. The van der Waals surface area contributed by atoms with E-state index in [0.29, 0.717) is 18.8 Å². The molecule has 0 N–H and O–H groups in total. The van der Waals surface area contributed by atoms with Crippen LogP contribution in [0.2, 0.25) is 0 Å². The first kappa shape index (κ1) is 14.3. The number of urea groups is 1. The summed E-state index contributed by atoms with van der Waals surface area (Å²) in [4.78, 5) is 38.9. The predicted octanol–water partition coefficient (Wildman–Crippen LogP) is 1.44. The summed E-state index contributed by atoms with van der Waals surface area (Å²) in [5.74, 6) is -0.246. The van der Waals surface area contributed by atoms with Gasteiger partial charge in [-0.05, 0) is 26.3 Å². The number of hydrogen-bond donors (Lipinski definition) is 0. The second-order valence-electron chi connectivity index (χ2n) is 4.84. The third-order valence-corrected chi connectivity index (χ3v) is 3.51. The average molecular weight is 277 g/mol. The van der Waals surface area contributed by atoms with Crippen LogP contribution >= 0.6 is 0 Å². The van der Waals surface area contributed by atoms with Gasteiger partial charge in [-0.3, -0.25) is 9.59 Å². The molecule has 1 saturated heterocycles. The minimum absolute atomic E-state index is 0.145. The minimum Gasteiger partial charge on any atom is -0.314 e. The average Bonchev–Trinajstić information content (AvgIpc) is 2.64. The number of carbonyl (C=O) groups excluding carboxylic acids is 2. The number of imide groups is 1. The third kappa shape index (κ3) is 2.21. The third-order valence-electron chi connectivity index (χ3n) is 3.51. The molecule has 0 radical (unpaired) electrons. The molecule has 0 unspecified atom stereocenters. The molecule has 0 aromatic carbocycles. The Labute approximate surface area is 117 Å². The number of pyridine rings is 1. The molecule has 1 aliphatic heterocycles. The van der Waals surface area contributed by atoms with Crippen molar-refractivity contribution in [3.8, 4) is 0 Å². The fourth-order valence-corrected chi connectivity index (χ4v) is 2.37. The molecule has 2 heterocycles. The highest BCUT2D eigenvalue weighted by atomic mass is 16.2. The number of nitrogens with zero attached hydrogens (tertiary/aromatic N) is 3. The maximum absolute atomic E-state index is 12.3. The van der Waals surface area contributed by atoms with E-state index in [2.05, 4.69) is 0 Å². The van der Waals surface area contributed by atoms with Gasteiger partial charge in [0, 0.05) is 25.4 Å². The highest BCUT2D eigenvalue weighted by molar-refractivity contribution is 6.21. The lowest BCUT2D eigenvalue weighted by Crippen LogP contribution is -2.35. The Kier molecular flexibility index (Phi) is 3.92. The highest BCUT2D eigenvalue weighted by Gasteiger charge is 2.42. The van der Waals surface area contributed by atoms with Crippen LogP contribution in [0.3, 0.4) is 0 Å². The summed E-state index contributed by atoms with van der Waals surface area (Å²) >= 11 is 0. The van der Waals surface area contributed by atoms with E-state index >= 15 is 0 Å². The van der Waals surface area contributed by atoms with Crippen molar-refractivity contribution in [2.75, 3.05) is 11.4 Å². The van der Waals surface area contributed by atoms with E-state index in [1.807, 2.05) is 13.8 Å². The van der Waals surface area contributed by atoms with Crippen LogP contribution in [0.15, 0.2) is 23.1 Å². The van der Waals surface area contributed by atoms with Crippen LogP contribution in [-0.2, 0) is 11.3 Å². The molecule has 1 aromatic heterocycles. The number of carbonyl (C=O) groups is 2. The minimum atomic E-state index is -0.454. The van der Waals surface area contributed by atoms with Gasteiger partial charge in [0.25, 0.3) is 11.5 Å². The SMILES string of the molecule is CCCN1C(=O)N(c2ccc(=O)n(CC)c2)C(=O)[C@H]1C. The Morgan fingerprint density at radius 3 is 2.45 bits per heavy atom. The Hall–Kier alpha value is -2.11. The summed E-state index contributed by atoms with van der Waals surface area (Å²) in [6.45, 7) is 6.58. The molecule has 1 aromatic rings. The molecule has 1 fully saturated rings. The van der Waals surface area contributed by atoms with Crippen LogP contribution in [0, 0.1) is 0 Å². The van der Waals surface area contributed by atoms with Gasteiger partial charge in [-0.25, -0.2) is 9.69 Å². The lowest BCUT2D eigenvalue weighted by Gasteiger charge is -2.18. The van der Waals surface area contributed by atoms with E-state index in [1.165, 1.54) is 16.7 Å². The fraction of sp³-hybridized carbons (Fsp3) is 0.500. The van der Waals surface area contributed by atoms with Crippen LogP contribution < -0.4 is 10.5 Å². The zero-order chi connectivity index (χ0) is 14.9. The topological polar surface area (TPSA) is 62.6 Å². The number of aromatic nitrogens is 1. The number of aryl methyl sites for hydroxylation is 1. The van der Waals surface area contributed by atoms with E-state index in [-0.39, 0.29) is 17.5 Å². The molecule has 3 amide bonds. The number of anilines is 1. The summed E-state index contributed by atoms with van der Waals surface area (Å²) in [5, 5.41) is 0. The van der Waals surface area contributed by atoms with Crippen molar-refractivity contribution in [2.45, 2.75) is 39.8 Å². The van der Waals surface area contributed by atoms with Crippen LogP contribution in [0.25, 0.3) is 0 Å². The molecule has 108 valence electrons. The zero-order valence-electron chi connectivity index (χ0n) is 12.0. The summed E-state index contributed by atoms with van der Waals surface area (Å²) in [6.07, 6.45) is 2.35. The first-order chi connectivity index (χ1) is 9.51. The number of rotatable bonds is 4.